The molecule has 0 aliphatic carbocycles. The molecule has 10 heteroatoms. The van der Waals surface area contributed by atoms with Crippen LogP contribution in [0.4, 0.5) is 26.3 Å². The second-order valence-electron chi connectivity index (χ2n) is 4.52. The highest BCUT2D eigenvalue weighted by Crippen LogP contribution is 2.38. The number of benzene rings is 1. The van der Waals surface area contributed by atoms with Crippen molar-refractivity contribution in [2.75, 3.05) is 0 Å². The van der Waals surface area contributed by atoms with Crippen molar-refractivity contribution in [1.29, 1.82) is 0 Å². The van der Waals surface area contributed by atoms with E-state index in [1.165, 1.54) is 17.3 Å². The highest BCUT2D eigenvalue weighted by Gasteiger charge is 2.39. The minimum atomic E-state index is -4.95. The fraction of sp³-hybridized carbons (Fsp3) is 0.333. The van der Waals surface area contributed by atoms with Crippen LogP contribution in [0.25, 0.3) is 0 Å². The summed E-state index contributed by atoms with van der Waals surface area (Å²) < 4.78 is 77.9. The maximum absolute atomic E-state index is 13.0. The lowest BCUT2D eigenvalue weighted by Crippen LogP contribution is -2.23. The Morgan fingerprint density at radius 1 is 1.09 bits per heavy atom. The molecule has 0 aliphatic rings. The molecule has 1 aromatic heterocycles. The zero-order valence-corrected chi connectivity index (χ0v) is 10.9. The van der Waals surface area contributed by atoms with E-state index in [2.05, 4.69) is 10.1 Å². The van der Waals surface area contributed by atoms with Crippen molar-refractivity contribution >= 4 is 0 Å². The zero-order valence-electron chi connectivity index (χ0n) is 10.9. The summed E-state index contributed by atoms with van der Waals surface area (Å²) in [6, 6.07) is 0.204. The van der Waals surface area contributed by atoms with Crippen LogP contribution in [0, 0.1) is 0 Å². The predicted molar refractivity (Wildman–Crippen MR) is 63.4 cm³/mol. The van der Waals surface area contributed by atoms with Gasteiger partial charge in [-0.1, -0.05) is 6.07 Å². The molecule has 2 N–H and O–H groups in total. The second kappa shape index (κ2) is 5.59. The zero-order chi connectivity index (χ0) is 16.5. The highest BCUT2D eigenvalue weighted by atomic mass is 19.4. The van der Waals surface area contributed by atoms with Gasteiger partial charge in [0.15, 0.2) is 0 Å². The van der Waals surface area contributed by atoms with Gasteiger partial charge < -0.3 is 5.73 Å². The van der Waals surface area contributed by atoms with E-state index in [4.69, 9.17) is 5.73 Å². The summed E-state index contributed by atoms with van der Waals surface area (Å²) in [5.41, 5.74) is 2.45. The molecule has 0 saturated carbocycles. The van der Waals surface area contributed by atoms with Gasteiger partial charge in [-0.3, -0.25) is 4.68 Å². The summed E-state index contributed by atoms with van der Waals surface area (Å²) in [5.74, 6) is 0. The van der Waals surface area contributed by atoms with Crippen LogP contribution >= 0.6 is 0 Å². The van der Waals surface area contributed by atoms with Gasteiger partial charge in [-0.25, -0.2) is 4.98 Å². The first-order valence-corrected chi connectivity index (χ1v) is 5.95. The molecule has 1 unspecified atom stereocenters. The number of hydrogen-bond donors (Lipinski definition) is 1. The SMILES string of the molecule is NC(Cn1cncn1)c1ccc(C(F)(F)F)cc1C(F)(F)F. The topological polar surface area (TPSA) is 56.7 Å². The van der Waals surface area contributed by atoms with Gasteiger partial charge in [0.1, 0.15) is 12.7 Å². The molecule has 4 nitrogen and oxygen atoms in total. The van der Waals surface area contributed by atoms with Crippen LogP contribution in [0.2, 0.25) is 0 Å². The molecule has 2 aromatic rings. The third-order valence-corrected chi connectivity index (χ3v) is 2.94. The van der Waals surface area contributed by atoms with E-state index in [1.807, 2.05) is 0 Å². The van der Waals surface area contributed by atoms with Crippen molar-refractivity contribution in [3.63, 3.8) is 0 Å². The van der Waals surface area contributed by atoms with Gasteiger partial charge in [-0.15, -0.1) is 0 Å². The maximum Gasteiger partial charge on any atom is 0.416 e. The Kier molecular flexibility index (Phi) is 4.14. The first kappa shape index (κ1) is 16.3. The van der Waals surface area contributed by atoms with Crippen LogP contribution in [0.3, 0.4) is 0 Å². The molecule has 22 heavy (non-hydrogen) atoms. The van der Waals surface area contributed by atoms with Gasteiger partial charge in [-0.2, -0.15) is 31.4 Å². The number of hydrogen-bond acceptors (Lipinski definition) is 3. The monoisotopic (exact) mass is 324 g/mol. The van der Waals surface area contributed by atoms with E-state index in [-0.39, 0.29) is 12.6 Å². The summed E-state index contributed by atoms with van der Waals surface area (Å²) in [5, 5.41) is 3.69. The average Bonchev–Trinajstić information content (AvgIpc) is 2.88. The summed E-state index contributed by atoms with van der Waals surface area (Å²) in [6.45, 7) is -0.144. The summed E-state index contributed by atoms with van der Waals surface area (Å²) >= 11 is 0. The molecule has 0 fully saturated rings. The fourth-order valence-corrected chi connectivity index (χ4v) is 1.93. The average molecular weight is 324 g/mol. The normalized spacial score (nSPS) is 14.1. The summed E-state index contributed by atoms with van der Waals surface area (Å²) in [7, 11) is 0. The molecule has 2 rings (SSSR count). The summed E-state index contributed by atoms with van der Waals surface area (Å²) in [6.07, 6.45) is -7.40. The molecule has 0 bridgehead atoms. The van der Waals surface area contributed by atoms with Crippen molar-refractivity contribution in [1.82, 2.24) is 14.8 Å². The lowest BCUT2D eigenvalue weighted by atomic mass is 9.97. The van der Waals surface area contributed by atoms with Gasteiger partial charge in [0.05, 0.1) is 23.7 Å². The van der Waals surface area contributed by atoms with E-state index < -0.39 is 35.1 Å². The van der Waals surface area contributed by atoms with Crippen molar-refractivity contribution in [3.05, 3.63) is 47.5 Å². The molecule has 1 heterocycles. The second-order valence-corrected chi connectivity index (χ2v) is 4.52. The molecule has 120 valence electrons. The number of nitrogens with zero attached hydrogens (tertiary/aromatic N) is 3. The number of rotatable bonds is 3. The first-order chi connectivity index (χ1) is 10.1. The Labute approximate surface area is 120 Å². The Hall–Kier alpha value is -2.10. The van der Waals surface area contributed by atoms with E-state index in [0.717, 1.165) is 6.07 Å². The van der Waals surface area contributed by atoms with Gasteiger partial charge in [-0.05, 0) is 17.7 Å². The van der Waals surface area contributed by atoms with Gasteiger partial charge in [0.2, 0.25) is 0 Å². The molecule has 0 spiro atoms. The molecule has 0 radical (unpaired) electrons. The predicted octanol–water partition coefficient (Wildman–Crippen LogP) is 3.02. The maximum atomic E-state index is 13.0. The smallest absolute Gasteiger partial charge is 0.322 e. The lowest BCUT2D eigenvalue weighted by molar-refractivity contribution is -0.143. The highest BCUT2D eigenvalue weighted by molar-refractivity contribution is 5.37. The third kappa shape index (κ3) is 3.56. The van der Waals surface area contributed by atoms with E-state index in [9.17, 15) is 26.3 Å². The molecule has 0 saturated heterocycles. The molecular weight excluding hydrogens is 314 g/mol. The molecule has 1 atom stereocenters. The molecular formula is C12H10F6N4. The lowest BCUT2D eigenvalue weighted by Gasteiger charge is -2.20. The molecule has 0 amide bonds. The van der Waals surface area contributed by atoms with Crippen LogP contribution in [0.5, 0.6) is 0 Å². The van der Waals surface area contributed by atoms with Crippen molar-refractivity contribution in [2.45, 2.75) is 24.9 Å². The Morgan fingerprint density at radius 2 is 1.77 bits per heavy atom. The Balaban J connectivity index is 2.42. The van der Waals surface area contributed by atoms with Crippen LogP contribution < -0.4 is 5.73 Å². The first-order valence-electron chi connectivity index (χ1n) is 5.95. The standard InChI is InChI=1S/C12H10F6N4/c13-11(14,15)7-1-2-8(9(3-7)12(16,17)18)10(19)4-22-6-20-5-21-22/h1-3,5-6,10H,4,19H2. The van der Waals surface area contributed by atoms with Gasteiger partial charge in [0.25, 0.3) is 0 Å². The van der Waals surface area contributed by atoms with Crippen molar-refractivity contribution in [3.8, 4) is 0 Å². The van der Waals surface area contributed by atoms with E-state index in [0.29, 0.717) is 6.07 Å². The minimum absolute atomic E-state index is 0.0660. The van der Waals surface area contributed by atoms with Crippen LogP contribution in [-0.4, -0.2) is 14.8 Å². The summed E-state index contributed by atoms with van der Waals surface area (Å²) in [4.78, 5) is 3.61. The van der Waals surface area contributed by atoms with Gasteiger partial charge in [0, 0.05) is 0 Å². The number of aromatic nitrogens is 3. The van der Waals surface area contributed by atoms with Crippen LogP contribution in [0.15, 0.2) is 30.9 Å². The third-order valence-electron chi connectivity index (χ3n) is 2.94. The fourth-order valence-electron chi connectivity index (χ4n) is 1.93. The quantitative estimate of drug-likeness (QED) is 0.883. The van der Waals surface area contributed by atoms with Crippen molar-refractivity contribution in [2.24, 2.45) is 5.73 Å². The van der Waals surface area contributed by atoms with E-state index >= 15 is 0 Å². The van der Waals surface area contributed by atoms with Crippen molar-refractivity contribution < 1.29 is 26.3 Å². The Bertz CT molecular complexity index is 632. The number of nitrogens with two attached hydrogens (primary N) is 1. The van der Waals surface area contributed by atoms with Crippen LogP contribution in [0.1, 0.15) is 22.7 Å². The number of alkyl halides is 6. The minimum Gasteiger partial charge on any atom is -0.322 e. The molecule has 0 aliphatic heterocycles. The van der Waals surface area contributed by atoms with Gasteiger partial charge >= 0.3 is 12.4 Å². The van der Waals surface area contributed by atoms with Crippen LogP contribution in [-0.2, 0) is 18.9 Å². The molecule has 1 aromatic carbocycles. The largest absolute Gasteiger partial charge is 0.416 e. The Morgan fingerprint density at radius 3 is 2.27 bits per heavy atom. The number of halogens is 6. The van der Waals surface area contributed by atoms with E-state index in [1.54, 1.807) is 0 Å².